The molecule has 0 aliphatic heterocycles. The van der Waals surface area contributed by atoms with Crippen molar-refractivity contribution in [1.82, 2.24) is 4.57 Å². The molecule has 0 bridgehead atoms. The summed E-state index contributed by atoms with van der Waals surface area (Å²) in [5.41, 5.74) is 15.7. The van der Waals surface area contributed by atoms with Crippen molar-refractivity contribution in [2.24, 2.45) is 0 Å². The van der Waals surface area contributed by atoms with Gasteiger partial charge in [-0.3, -0.25) is 0 Å². The van der Waals surface area contributed by atoms with Gasteiger partial charge in [-0.15, -0.1) is 0 Å². The van der Waals surface area contributed by atoms with Crippen LogP contribution < -0.4 is 4.90 Å². The van der Waals surface area contributed by atoms with Crippen molar-refractivity contribution in [3.8, 4) is 39.1 Å². The van der Waals surface area contributed by atoms with Gasteiger partial charge in [-0.1, -0.05) is 133 Å². The second-order valence-electron chi connectivity index (χ2n) is 14.6. The van der Waals surface area contributed by atoms with Gasteiger partial charge in [-0.2, -0.15) is 0 Å². The lowest BCUT2D eigenvalue weighted by atomic mass is 10.0. The molecule has 2 aromatic heterocycles. The maximum absolute atomic E-state index is 6.23. The van der Waals surface area contributed by atoms with E-state index in [1.54, 1.807) is 0 Å². The largest absolute Gasteiger partial charge is 0.456 e. The maximum Gasteiger partial charge on any atom is 0.136 e. The van der Waals surface area contributed by atoms with Crippen molar-refractivity contribution in [3.63, 3.8) is 0 Å². The van der Waals surface area contributed by atoms with Gasteiger partial charge < -0.3 is 13.9 Å². The molecule has 0 amide bonds. The molecule has 11 rings (SSSR count). The smallest absolute Gasteiger partial charge is 0.136 e. The number of fused-ring (bicyclic) bond motifs is 6. The van der Waals surface area contributed by atoms with E-state index in [-0.39, 0.29) is 0 Å². The lowest BCUT2D eigenvalue weighted by Crippen LogP contribution is -2.09. The van der Waals surface area contributed by atoms with Crippen LogP contribution in [-0.4, -0.2) is 4.57 Å². The van der Waals surface area contributed by atoms with Crippen molar-refractivity contribution >= 4 is 60.8 Å². The van der Waals surface area contributed by atoms with Crippen molar-refractivity contribution in [2.45, 2.75) is 0 Å². The highest BCUT2D eigenvalue weighted by atomic mass is 16.3. The van der Waals surface area contributed by atoms with Gasteiger partial charge >= 0.3 is 0 Å². The third-order valence-electron chi connectivity index (χ3n) is 11.2. The zero-order valence-corrected chi connectivity index (χ0v) is 31.1. The predicted molar refractivity (Wildman–Crippen MR) is 239 cm³/mol. The summed E-state index contributed by atoms with van der Waals surface area (Å²) in [6.07, 6.45) is 0. The van der Waals surface area contributed by atoms with E-state index >= 15 is 0 Å². The Balaban J connectivity index is 0.965. The van der Waals surface area contributed by atoms with Crippen molar-refractivity contribution in [3.05, 3.63) is 218 Å². The zero-order chi connectivity index (χ0) is 37.7. The summed E-state index contributed by atoms with van der Waals surface area (Å²) in [6, 6.07) is 78.1. The second kappa shape index (κ2) is 13.6. The third-order valence-corrected chi connectivity index (χ3v) is 11.2. The Morgan fingerprint density at radius 2 is 0.754 bits per heavy atom. The Morgan fingerprint density at radius 1 is 0.298 bits per heavy atom. The number of para-hydroxylation sites is 3. The molecule has 0 radical (unpaired) electrons. The molecular formula is C54H36N2O. The van der Waals surface area contributed by atoms with E-state index < -0.39 is 0 Å². The fourth-order valence-electron chi connectivity index (χ4n) is 8.40. The van der Waals surface area contributed by atoms with Crippen LogP contribution in [0.2, 0.25) is 0 Å². The summed E-state index contributed by atoms with van der Waals surface area (Å²) in [5.74, 6) is 0. The molecule has 0 saturated heterocycles. The zero-order valence-electron chi connectivity index (χ0n) is 31.1. The SMILES string of the molecule is c1ccc(-c2ccc(N(c3ccc(-c4ccc5c(c4)oc4ccccc45)cc3)c3ccc(-c4ccc5c(c4)c4ccccc4n5-c4ccccc4)cc3)cc2)cc1. The minimum Gasteiger partial charge on any atom is -0.456 e. The summed E-state index contributed by atoms with van der Waals surface area (Å²) < 4.78 is 8.59. The fraction of sp³-hybridized carbons (Fsp3) is 0. The number of aromatic nitrogens is 1. The topological polar surface area (TPSA) is 21.3 Å². The van der Waals surface area contributed by atoms with Gasteiger partial charge in [0, 0.05) is 44.3 Å². The van der Waals surface area contributed by atoms with E-state index in [0.717, 1.165) is 55.8 Å². The lowest BCUT2D eigenvalue weighted by molar-refractivity contribution is 0.669. The first-order valence-corrected chi connectivity index (χ1v) is 19.4. The number of nitrogens with zero attached hydrogens (tertiary/aromatic N) is 2. The Morgan fingerprint density at radius 3 is 1.42 bits per heavy atom. The highest BCUT2D eigenvalue weighted by Gasteiger charge is 2.16. The standard InChI is InChI=1S/C54H36N2O/c1-3-11-37(12-4-1)38-19-27-44(28-20-38)55(46-31-23-40(24-32-46)42-25-33-49-48-16-8-10-18-53(48)57-54(49)36-42)45-29-21-39(22-30-45)41-26-34-52-50(35-41)47-15-7-9-17-51(47)56(52)43-13-5-2-6-14-43/h1-36H. The lowest BCUT2D eigenvalue weighted by Gasteiger charge is -2.26. The van der Waals surface area contributed by atoms with Crippen LogP contribution in [0.15, 0.2) is 223 Å². The van der Waals surface area contributed by atoms with E-state index in [4.69, 9.17) is 4.42 Å². The average molecular weight is 729 g/mol. The fourth-order valence-corrected chi connectivity index (χ4v) is 8.40. The number of anilines is 3. The molecule has 268 valence electrons. The molecule has 3 heteroatoms. The Bertz CT molecular complexity index is 3200. The van der Waals surface area contributed by atoms with Gasteiger partial charge in [0.25, 0.3) is 0 Å². The Hall–Kier alpha value is -7.62. The molecule has 9 aromatic carbocycles. The normalized spacial score (nSPS) is 11.5. The molecule has 0 fully saturated rings. The highest BCUT2D eigenvalue weighted by Crippen LogP contribution is 2.40. The summed E-state index contributed by atoms with van der Waals surface area (Å²) in [6.45, 7) is 0. The molecule has 0 aliphatic carbocycles. The first-order chi connectivity index (χ1) is 28.2. The van der Waals surface area contributed by atoms with Crippen LogP contribution in [0.25, 0.3) is 82.8 Å². The summed E-state index contributed by atoms with van der Waals surface area (Å²) in [7, 11) is 0. The number of hydrogen-bond acceptors (Lipinski definition) is 2. The van der Waals surface area contributed by atoms with Gasteiger partial charge in [0.2, 0.25) is 0 Å². The molecule has 0 unspecified atom stereocenters. The monoisotopic (exact) mass is 728 g/mol. The molecule has 11 aromatic rings. The maximum atomic E-state index is 6.23. The van der Waals surface area contributed by atoms with Crippen molar-refractivity contribution in [1.29, 1.82) is 0 Å². The van der Waals surface area contributed by atoms with Gasteiger partial charge in [0.05, 0.1) is 11.0 Å². The van der Waals surface area contributed by atoms with E-state index in [2.05, 4.69) is 216 Å². The summed E-state index contributed by atoms with van der Waals surface area (Å²) in [4.78, 5) is 2.33. The van der Waals surface area contributed by atoms with Gasteiger partial charge in [0.15, 0.2) is 0 Å². The molecule has 0 aliphatic rings. The summed E-state index contributed by atoms with van der Waals surface area (Å²) >= 11 is 0. The second-order valence-corrected chi connectivity index (χ2v) is 14.6. The van der Waals surface area contributed by atoms with Crippen LogP contribution in [0, 0.1) is 0 Å². The van der Waals surface area contributed by atoms with Gasteiger partial charge in [-0.25, -0.2) is 0 Å². The minimum absolute atomic E-state index is 0.902. The van der Waals surface area contributed by atoms with Crippen LogP contribution in [0.5, 0.6) is 0 Å². The van der Waals surface area contributed by atoms with Gasteiger partial charge in [-0.05, 0) is 118 Å². The van der Waals surface area contributed by atoms with E-state index in [1.807, 2.05) is 12.1 Å². The molecule has 3 nitrogen and oxygen atoms in total. The highest BCUT2D eigenvalue weighted by molar-refractivity contribution is 6.10. The van der Waals surface area contributed by atoms with Gasteiger partial charge in [0.1, 0.15) is 11.2 Å². The van der Waals surface area contributed by atoms with Crippen LogP contribution in [0.1, 0.15) is 0 Å². The molecule has 0 spiro atoms. The van der Waals surface area contributed by atoms with Crippen LogP contribution in [0.3, 0.4) is 0 Å². The van der Waals surface area contributed by atoms with Crippen molar-refractivity contribution in [2.75, 3.05) is 4.90 Å². The third kappa shape index (κ3) is 5.76. The first-order valence-electron chi connectivity index (χ1n) is 19.4. The number of benzene rings is 9. The minimum atomic E-state index is 0.902. The Kier molecular flexibility index (Phi) is 7.82. The molecule has 57 heavy (non-hydrogen) atoms. The van der Waals surface area contributed by atoms with Crippen LogP contribution >= 0.6 is 0 Å². The summed E-state index contributed by atoms with van der Waals surface area (Å²) in [5, 5.41) is 4.78. The first kappa shape index (κ1) is 32.8. The van der Waals surface area contributed by atoms with E-state index in [1.165, 1.54) is 44.1 Å². The van der Waals surface area contributed by atoms with E-state index in [9.17, 15) is 0 Å². The molecule has 2 heterocycles. The molecule has 0 saturated carbocycles. The van der Waals surface area contributed by atoms with E-state index in [0.29, 0.717) is 0 Å². The number of furan rings is 1. The van der Waals surface area contributed by atoms with Crippen LogP contribution in [-0.2, 0) is 0 Å². The average Bonchev–Trinajstić information content (AvgIpc) is 3.83. The number of hydrogen-bond donors (Lipinski definition) is 0. The number of rotatable bonds is 7. The van der Waals surface area contributed by atoms with Crippen LogP contribution in [0.4, 0.5) is 17.1 Å². The quantitative estimate of drug-likeness (QED) is 0.163. The molecule has 0 atom stereocenters. The predicted octanol–water partition coefficient (Wildman–Crippen LogP) is 15.2. The van der Waals surface area contributed by atoms with Crippen molar-refractivity contribution < 1.29 is 4.42 Å². The molecule has 0 N–H and O–H groups in total. The molecular weight excluding hydrogens is 693 g/mol. The Labute approximate surface area is 330 Å².